The van der Waals surface area contributed by atoms with Gasteiger partial charge in [-0.05, 0) is 6.07 Å². The third-order valence-electron chi connectivity index (χ3n) is 1.52. The van der Waals surface area contributed by atoms with Crippen LogP contribution in [0.1, 0.15) is 10.4 Å². The van der Waals surface area contributed by atoms with E-state index in [2.05, 4.69) is 0 Å². The smallest absolute Gasteiger partial charge is 0.341 e. The minimum Gasteiger partial charge on any atom is -0.504 e. The molecule has 0 aromatic heterocycles. The molecule has 4 N–H and O–H groups in total. The number of carboxylic acid groups (broad SMARTS) is 1. The second kappa shape index (κ2) is 3.41. The molecule has 0 heterocycles. The summed E-state index contributed by atoms with van der Waals surface area (Å²) in [6, 6.07) is 2.47. The van der Waals surface area contributed by atoms with E-state index in [4.69, 9.17) is 19.9 Å². The molecule has 1 radical (unpaired) electrons. The first kappa shape index (κ1) is 11.3. The zero-order valence-corrected chi connectivity index (χ0v) is 7.82. The lowest BCUT2D eigenvalue weighted by molar-refractivity contribution is 0.0688. The molecular formula is C7H5O7S. The Morgan fingerprint density at radius 3 is 2.27 bits per heavy atom. The molecule has 0 saturated heterocycles. The Balaban J connectivity index is 3.70. The maximum absolute atomic E-state index is 10.7. The van der Waals surface area contributed by atoms with Crippen LogP contribution < -0.4 is 0 Å². The van der Waals surface area contributed by atoms with E-state index in [1.807, 2.05) is 6.07 Å². The highest BCUT2D eigenvalue weighted by atomic mass is 32.2. The molecular weight excluding hydrogens is 228 g/mol. The first-order valence-electron chi connectivity index (χ1n) is 3.42. The second-order valence-electron chi connectivity index (χ2n) is 2.51. The van der Waals surface area contributed by atoms with Crippen molar-refractivity contribution < 1.29 is 33.1 Å². The molecule has 0 aliphatic carbocycles. The first-order chi connectivity index (χ1) is 6.75. The molecule has 0 bridgehead atoms. The SMILES string of the molecule is O=C(O)c1c(S(=O)(=O)O)[c]cc(O)c1O. The van der Waals surface area contributed by atoms with E-state index in [1.54, 1.807) is 0 Å². The van der Waals surface area contributed by atoms with Crippen LogP contribution in [0.15, 0.2) is 11.0 Å². The van der Waals surface area contributed by atoms with Crippen molar-refractivity contribution in [1.29, 1.82) is 0 Å². The molecule has 0 atom stereocenters. The molecule has 1 aromatic rings. The third kappa shape index (κ3) is 2.00. The fraction of sp³-hybridized carbons (Fsp3) is 0. The van der Waals surface area contributed by atoms with Crippen LogP contribution in [-0.2, 0) is 10.1 Å². The number of benzene rings is 1. The standard InChI is InChI=1S/C7H5O7S/c8-3-1-2-4(15(12,13)14)5(6(3)9)7(10)11/h1,8-9H,(H,10,11)(H,12,13,14). The van der Waals surface area contributed by atoms with Crippen LogP contribution in [0.5, 0.6) is 11.5 Å². The van der Waals surface area contributed by atoms with E-state index in [0.717, 1.165) is 0 Å². The molecule has 0 saturated carbocycles. The van der Waals surface area contributed by atoms with Gasteiger partial charge in [0.05, 0.1) is 0 Å². The quantitative estimate of drug-likeness (QED) is 0.412. The largest absolute Gasteiger partial charge is 0.504 e. The van der Waals surface area contributed by atoms with Crippen LogP contribution in [-0.4, -0.2) is 34.3 Å². The van der Waals surface area contributed by atoms with E-state index in [1.165, 1.54) is 0 Å². The van der Waals surface area contributed by atoms with Gasteiger partial charge in [-0.2, -0.15) is 8.42 Å². The molecule has 1 aromatic carbocycles. The summed E-state index contributed by atoms with van der Waals surface area (Å²) in [6.45, 7) is 0. The van der Waals surface area contributed by atoms with Gasteiger partial charge >= 0.3 is 5.97 Å². The minimum absolute atomic E-state index is 0.630. The summed E-state index contributed by atoms with van der Waals surface area (Å²) in [5, 5.41) is 26.6. The van der Waals surface area contributed by atoms with E-state index >= 15 is 0 Å². The van der Waals surface area contributed by atoms with E-state index in [0.29, 0.717) is 6.07 Å². The highest BCUT2D eigenvalue weighted by molar-refractivity contribution is 7.86. The zero-order chi connectivity index (χ0) is 11.8. The van der Waals surface area contributed by atoms with Gasteiger partial charge in [-0.3, -0.25) is 4.55 Å². The number of hydrogen-bond donors (Lipinski definition) is 4. The summed E-state index contributed by atoms with van der Waals surface area (Å²) in [4.78, 5) is 9.47. The number of aromatic hydroxyl groups is 2. The lowest BCUT2D eigenvalue weighted by Crippen LogP contribution is -2.08. The topological polar surface area (TPSA) is 132 Å². The molecule has 8 heteroatoms. The average molecular weight is 233 g/mol. The Hall–Kier alpha value is -1.80. The van der Waals surface area contributed by atoms with Gasteiger partial charge in [-0.15, -0.1) is 0 Å². The van der Waals surface area contributed by atoms with Crippen molar-refractivity contribution in [2.75, 3.05) is 0 Å². The van der Waals surface area contributed by atoms with Crippen LogP contribution in [0, 0.1) is 6.07 Å². The van der Waals surface area contributed by atoms with Crippen LogP contribution >= 0.6 is 0 Å². The van der Waals surface area contributed by atoms with Gasteiger partial charge in [0.1, 0.15) is 10.5 Å². The van der Waals surface area contributed by atoms with Crippen molar-refractivity contribution in [1.82, 2.24) is 0 Å². The number of hydrogen-bond acceptors (Lipinski definition) is 5. The van der Waals surface area contributed by atoms with Crippen LogP contribution in [0.25, 0.3) is 0 Å². The average Bonchev–Trinajstić information content (AvgIpc) is 2.06. The molecule has 0 aliphatic rings. The van der Waals surface area contributed by atoms with Crippen molar-refractivity contribution in [3.63, 3.8) is 0 Å². The normalized spacial score (nSPS) is 11.3. The summed E-state index contributed by atoms with van der Waals surface area (Å²) in [5.74, 6) is -3.80. The maximum atomic E-state index is 10.7. The summed E-state index contributed by atoms with van der Waals surface area (Å²) < 4.78 is 30.0. The van der Waals surface area contributed by atoms with Crippen LogP contribution in [0.4, 0.5) is 0 Å². The Labute approximate surface area is 84.0 Å². The Bertz CT molecular complexity index is 516. The first-order valence-corrected chi connectivity index (χ1v) is 4.86. The predicted molar refractivity (Wildman–Crippen MR) is 45.4 cm³/mol. The van der Waals surface area contributed by atoms with Gasteiger partial charge < -0.3 is 15.3 Å². The maximum Gasteiger partial charge on any atom is 0.341 e. The third-order valence-corrected chi connectivity index (χ3v) is 2.36. The van der Waals surface area contributed by atoms with Crippen molar-refractivity contribution in [2.24, 2.45) is 0 Å². The molecule has 1 rings (SSSR count). The molecule has 0 aliphatic heterocycles. The van der Waals surface area contributed by atoms with Gasteiger partial charge in [0.2, 0.25) is 0 Å². The predicted octanol–water partition coefficient (Wildman–Crippen LogP) is -0.157. The summed E-state index contributed by atoms with van der Waals surface area (Å²) in [6.07, 6.45) is 0. The van der Waals surface area contributed by atoms with Gasteiger partial charge in [0, 0.05) is 6.07 Å². The number of carboxylic acids is 1. The Kier molecular flexibility index (Phi) is 2.56. The molecule has 0 fully saturated rings. The molecule has 0 unspecified atom stereocenters. The Morgan fingerprint density at radius 2 is 1.87 bits per heavy atom. The number of phenolic OH excluding ortho intramolecular Hbond substituents is 1. The van der Waals surface area contributed by atoms with Crippen molar-refractivity contribution in [3.05, 3.63) is 17.7 Å². The Morgan fingerprint density at radius 1 is 1.33 bits per heavy atom. The zero-order valence-electron chi connectivity index (χ0n) is 7.00. The van der Waals surface area contributed by atoms with Crippen LogP contribution in [0.2, 0.25) is 0 Å². The lowest BCUT2D eigenvalue weighted by atomic mass is 10.2. The number of phenols is 2. The number of aromatic carboxylic acids is 1. The molecule has 15 heavy (non-hydrogen) atoms. The van der Waals surface area contributed by atoms with Gasteiger partial charge in [-0.1, -0.05) is 0 Å². The van der Waals surface area contributed by atoms with Crippen molar-refractivity contribution >= 4 is 16.1 Å². The second-order valence-corrected chi connectivity index (χ2v) is 3.87. The van der Waals surface area contributed by atoms with E-state index < -0.39 is 38.0 Å². The number of carbonyl (C=O) groups is 1. The summed E-state index contributed by atoms with van der Waals surface area (Å²) in [5.41, 5.74) is -1.13. The van der Waals surface area contributed by atoms with E-state index in [-0.39, 0.29) is 0 Å². The highest BCUT2D eigenvalue weighted by Gasteiger charge is 2.26. The monoisotopic (exact) mass is 233 g/mol. The van der Waals surface area contributed by atoms with E-state index in [9.17, 15) is 13.2 Å². The van der Waals surface area contributed by atoms with Gasteiger partial charge in [0.25, 0.3) is 10.1 Å². The number of rotatable bonds is 2. The molecule has 0 amide bonds. The fourth-order valence-electron chi connectivity index (χ4n) is 0.912. The van der Waals surface area contributed by atoms with Gasteiger partial charge in [0.15, 0.2) is 11.5 Å². The van der Waals surface area contributed by atoms with Crippen LogP contribution in [0.3, 0.4) is 0 Å². The minimum atomic E-state index is -4.83. The molecule has 7 nitrogen and oxygen atoms in total. The summed E-state index contributed by atoms with van der Waals surface area (Å²) >= 11 is 0. The van der Waals surface area contributed by atoms with Crippen molar-refractivity contribution in [3.8, 4) is 11.5 Å². The van der Waals surface area contributed by atoms with Gasteiger partial charge in [-0.25, -0.2) is 4.79 Å². The van der Waals surface area contributed by atoms with Crippen molar-refractivity contribution in [2.45, 2.75) is 4.90 Å². The highest BCUT2D eigenvalue weighted by Crippen LogP contribution is 2.32. The molecule has 0 spiro atoms. The lowest BCUT2D eigenvalue weighted by Gasteiger charge is -2.05. The fourth-order valence-corrected chi connectivity index (χ4v) is 1.56. The summed E-state index contributed by atoms with van der Waals surface area (Å²) in [7, 11) is -4.83. The molecule has 81 valence electrons.